The van der Waals surface area contributed by atoms with Crippen molar-refractivity contribution in [2.45, 2.75) is 38.8 Å². The molecule has 0 fully saturated rings. The van der Waals surface area contributed by atoms with E-state index in [1.807, 2.05) is 55.5 Å². The second-order valence-corrected chi connectivity index (χ2v) is 8.69. The molecule has 1 aliphatic rings. The first kappa shape index (κ1) is 22.5. The number of carbonyl (C=O) groups excluding carboxylic acids is 2. The number of aryl methyl sites for hydroxylation is 3. The normalized spacial score (nSPS) is 15.0. The molecule has 4 aromatic rings. The van der Waals surface area contributed by atoms with Crippen LogP contribution in [0.2, 0.25) is 0 Å². The Labute approximate surface area is 202 Å². The molecular weight excluding hydrogens is 442 g/mol. The van der Waals surface area contributed by atoms with Gasteiger partial charge in [0.05, 0.1) is 11.9 Å². The van der Waals surface area contributed by atoms with Gasteiger partial charge in [-0.2, -0.15) is 0 Å². The van der Waals surface area contributed by atoms with Crippen molar-refractivity contribution in [3.05, 3.63) is 94.3 Å². The minimum atomic E-state index is -0.655. The van der Waals surface area contributed by atoms with Crippen molar-refractivity contribution in [2.75, 3.05) is 10.2 Å². The summed E-state index contributed by atoms with van der Waals surface area (Å²) in [4.78, 5) is 41.1. The summed E-state index contributed by atoms with van der Waals surface area (Å²) in [5.41, 5.74) is 3.74. The van der Waals surface area contributed by atoms with E-state index in [9.17, 15) is 14.4 Å². The molecular formula is C27H25N5O3. The number of amides is 2. The summed E-state index contributed by atoms with van der Waals surface area (Å²) in [6, 6.07) is 21.5. The lowest BCUT2D eigenvalue weighted by Crippen LogP contribution is -2.50. The van der Waals surface area contributed by atoms with E-state index in [1.165, 1.54) is 4.68 Å². The van der Waals surface area contributed by atoms with Crippen LogP contribution in [0.1, 0.15) is 24.0 Å². The van der Waals surface area contributed by atoms with Crippen LogP contribution in [-0.4, -0.2) is 32.9 Å². The minimum Gasteiger partial charge on any atom is -0.324 e. The lowest BCUT2D eigenvalue weighted by molar-refractivity contribution is -0.124. The summed E-state index contributed by atoms with van der Waals surface area (Å²) < 4.78 is 1.21. The Morgan fingerprint density at radius 3 is 2.57 bits per heavy atom. The quantitative estimate of drug-likeness (QED) is 0.485. The first-order chi connectivity index (χ1) is 17.0. The van der Waals surface area contributed by atoms with Crippen LogP contribution in [-0.2, 0) is 22.6 Å². The van der Waals surface area contributed by atoms with Crippen molar-refractivity contribution in [3.63, 3.8) is 0 Å². The maximum atomic E-state index is 13.5. The molecule has 1 atom stereocenters. The number of nitrogens with one attached hydrogen (secondary N) is 1. The SMILES string of the molecule is Cc1ccc(NC(=O)C2CCc3ccccc3N2C(=O)CCn2nnc3ccccc3c2=O)cc1. The van der Waals surface area contributed by atoms with Crippen molar-refractivity contribution < 1.29 is 9.59 Å². The van der Waals surface area contributed by atoms with Crippen LogP contribution in [0, 0.1) is 6.92 Å². The number of hydrogen-bond acceptors (Lipinski definition) is 5. The average molecular weight is 468 g/mol. The van der Waals surface area contributed by atoms with Gasteiger partial charge in [-0.25, -0.2) is 4.68 Å². The molecule has 2 heterocycles. The van der Waals surface area contributed by atoms with Crippen LogP contribution in [0.5, 0.6) is 0 Å². The van der Waals surface area contributed by atoms with Crippen molar-refractivity contribution in [3.8, 4) is 0 Å². The second-order valence-electron chi connectivity index (χ2n) is 8.69. The maximum absolute atomic E-state index is 13.5. The van der Waals surface area contributed by atoms with Gasteiger partial charge in [0.1, 0.15) is 11.6 Å². The molecule has 0 radical (unpaired) electrons. The lowest BCUT2D eigenvalue weighted by atomic mass is 9.94. The smallest absolute Gasteiger partial charge is 0.277 e. The molecule has 0 saturated carbocycles. The molecule has 2 amide bonds. The molecule has 3 aromatic carbocycles. The molecule has 0 saturated heterocycles. The zero-order valence-corrected chi connectivity index (χ0v) is 19.3. The number of hydrogen-bond donors (Lipinski definition) is 1. The highest BCUT2D eigenvalue weighted by Crippen LogP contribution is 2.32. The monoisotopic (exact) mass is 467 g/mol. The van der Waals surface area contributed by atoms with E-state index < -0.39 is 6.04 Å². The van der Waals surface area contributed by atoms with Crippen LogP contribution in [0.4, 0.5) is 11.4 Å². The molecule has 176 valence electrons. The minimum absolute atomic E-state index is 0.00950. The zero-order valence-electron chi connectivity index (χ0n) is 19.3. The highest BCUT2D eigenvalue weighted by Gasteiger charge is 2.35. The first-order valence-corrected chi connectivity index (χ1v) is 11.6. The predicted octanol–water partition coefficient (Wildman–Crippen LogP) is 3.48. The average Bonchev–Trinajstić information content (AvgIpc) is 2.89. The number of para-hydroxylation sites is 1. The van der Waals surface area contributed by atoms with Crippen LogP contribution in [0.3, 0.4) is 0 Å². The highest BCUT2D eigenvalue weighted by molar-refractivity contribution is 6.06. The number of nitrogens with zero attached hydrogens (tertiary/aromatic N) is 4. The van der Waals surface area contributed by atoms with Crippen LogP contribution in [0.15, 0.2) is 77.6 Å². The van der Waals surface area contributed by atoms with Crippen molar-refractivity contribution in [1.29, 1.82) is 0 Å². The summed E-state index contributed by atoms with van der Waals surface area (Å²) in [6.45, 7) is 2.05. The Balaban J connectivity index is 1.39. The molecule has 1 aliphatic heterocycles. The van der Waals surface area contributed by atoms with E-state index in [-0.39, 0.29) is 30.3 Å². The molecule has 8 heteroatoms. The predicted molar refractivity (Wildman–Crippen MR) is 134 cm³/mol. The molecule has 1 N–H and O–H groups in total. The van der Waals surface area contributed by atoms with Gasteiger partial charge in [-0.1, -0.05) is 53.2 Å². The fraction of sp³-hybridized carbons (Fsp3) is 0.222. The van der Waals surface area contributed by atoms with E-state index in [1.54, 1.807) is 29.2 Å². The Hall–Kier alpha value is -4.33. The zero-order chi connectivity index (χ0) is 24.4. The second kappa shape index (κ2) is 9.50. The number of carbonyl (C=O) groups is 2. The van der Waals surface area contributed by atoms with Gasteiger partial charge in [-0.05, 0) is 55.7 Å². The third-order valence-electron chi connectivity index (χ3n) is 6.31. The van der Waals surface area contributed by atoms with Crippen molar-refractivity contribution in [1.82, 2.24) is 15.0 Å². The molecule has 5 rings (SSSR count). The standard InChI is InChI=1S/C27H25N5O3/c1-18-10-13-20(14-11-18)28-26(34)24-15-12-19-6-2-5-9-23(19)32(24)25(33)16-17-31-27(35)21-7-3-4-8-22(21)29-30-31/h2-11,13-14,24H,12,15-17H2,1H3,(H,28,34). The molecule has 1 unspecified atom stereocenters. The van der Waals surface area contributed by atoms with Gasteiger partial charge in [0.15, 0.2) is 0 Å². The number of aromatic nitrogens is 3. The van der Waals surface area contributed by atoms with Gasteiger partial charge < -0.3 is 5.32 Å². The van der Waals surface area contributed by atoms with Gasteiger partial charge in [0.2, 0.25) is 11.8 Å². The van der Waals surface area contributed by atoms with E-state index >= 15 is 0 Å². The third kappa shape index (κ3) is 4.55. The summed E-state index contributed by atoms with van der Waals surface area (Å²) >= 11 is 0. The number of rotatable bonds is 5. The highest BCUT2D eigenvalue weighted by atomic mass is 16.2. The maximum Gasteiger partial charge on any atom is 0.277 e. The lowest BCUT2D eigenvalue weighted by Gasteiger charge is -2.36. The van der Waals surface area contributed by atoms with Crippen molar-refractivity contribution in [2.24, 2.45) is 0 Å². The van der Waals surface area contributed by atoms with Crippen molar-refractivity contribution >= 4 is 34.1 Å². The Morgan fingerprint density at radius 2 is 1.74 bits per heavy atom. The first-order valence-electron chi connectivity index (χ1n) is 11.6. The Morgan fingerprint density at radius 1 is 1.00 bits per heavy atom. The Kier molecular flexibility index (Phi) is 6.10. The van der Waals surface area contributed by atoms with Crippen LogP contribution < -0.4 is 15.8 Å². The van der Waals surface area contributed by atoms with E-state index in [4.69, 9.17) is 0 Å². The number of benzene rings is 3. The van der Waals surface area contributed by atoms with Gasteiger partial charge in [-0.15, -0.1) is 5.10 Å². The van der Waals surface area contributed by atoms with Crippen LogP contribution >= 0.6 is 0 Å². The molecule has 8 nitrogen and oxygen atoms in total. The summed E-state index contributed by atoms with van der Waals surface area (Å²) in [7, 11) is 0. The third-order valence-corrected chi connectivity index (χ3v) is 6.31. The van der Waals surface area contributed by atoms with Gasteiger partial charge >= 0.3 is 0 Å². The molecule has 0 bridgehead atoms. The van der Waals surface area contributed by atoms with Gasteiger partial charge in [0.25, 0.3) is 5.56 Å². The summed E-state index contributed by atoms with van der Waals surface area (Å²) in [5.74, 6) is -0.484. The largest absolute Gasteiger partial charge is 0.324 e. The molecule has 0 aliphatic carbocycles. The van der Waals surface area contributed by atoms with Gasteiger partial charge in [-0.3, -0.25) is 19.3 Å². The fourth-order valence-corrected chi connectivity index (χ4v) is 4.46. The summed E-state index contributed by atoms with van der Waals surface area (Å²) in [6.07, 6.45) is 1.22. The molecule has 1 aromatic heterocycles. The Bertz CT molecular complexity index is 1460. The number of anilines is 2. The van der Waals surface area contributed by atoms with E-state index in [2.05, 4.69) is 15.6 Å². The van der Waals surface area contributed by atoms with Gasteiger partial charge in [0, 0.05) is 17.8 Å². The fourth-order valence-electron chi connectivity index (χ4n) is 4.46. The molecule has 35 heavy (non-hydrogen) atoms. The number of fused-ring (bicyclic) bond motifs is 2. The van der Waals surface area contributed by atoms with E-state index in [0.29, 0.717) is 29.4 Å². The topological polar surface area (TPSA) is 97.2 Å². The van der Waals surface area contributed by atoms with E-state index in [0.717, 1.165) is 16.8 Å². The van der Waals surface area contributed by atoms with Crippen LogP contribution in [0.25, 0.3) is 10.9 Å². The summed E-state index contributed by atoms with van der Waals surface area (Å²) in [5, 5.41) is 11.5. The molecule has 0 spiro atoms.